The second kappa shape index (κ2) is 5.22. The minimum absolute atomic E-state index is 0.194. The van der Waals surface area contributed by atoms with E-state index in [2.05, 4.69) is 15.3 Å². The third kappa shape index (κ3) is 2.90. The van der Waals surface area contributed by atoms with Gasteiger partial charge < -0.3 is 10.2 Å². The van der Waals surface area contributed by atoms with Gasteiger partial charge in [0.25, 0.3) is 0 Å². The van der Waals surface area contributed by atoms with Crippen LogP contribution in [0.4, 0.5) is 24.8 Å². The number of alkyl halides is 3. The van der Waals surface area contributed by atoms with E-state index in [0.29, 0.717) is 5.82 Å². The van der Waals surface area contributed by atoms with Crippen molar-refractivity contribution < 1.29 is 13.2 Å². The highest BCUT2D eigenvalue weighted by molar-refractivity contribution is 5.50. The number of halogens is 3. The first kappa shape index (κ1) is 13.9. The van der Waals surface area contributed by atoms with Crippen LogP contribution in [0.3, 0.4) is 0 Å². The Morgan fingerprint density at radius 1 is 1.42 bits per heavy atom. The van der Waals surface area contributed by atoms with Gasteiger partial charge in [-0.15, -0.1) is 0 Å². The van der Waals surface area contributed by atoms with Crippen molar-refractivity contribution in [3.8, 4) is 0 Å². The molecule has 0 saturated carbocycles. The van der Waals surface area contributed by atoms with Crippen LogP contribution in [0.2, 0.25) is 0 Å². The van der Waals surface area contributed by atoms with Gasteiger partial charge in [0.15, 0.2) is 0 Å². The zero-order chi connectivity index (χ0) is 14.0. The van der Waals surface area contributed by atoms with Crippen LogP contribution in [-0.2, 0) is 6.18 Å². The SMILES string of the molecule is CCC1CCCN1c1cc(NC)nc(C(F)(F)F)n1. The first-order valence-electron chi connectivity index (χ1n) is 6.36. The van der Waals surface area contributed by atoms with Gasteiger partial charge in [-0.25, -0.2) is 9.97 Å². The molecule has 0 amide bonds. The summed E-state index contributed by atoms with van der Waals surface area (Å²) >= 11 is 0. The Balaban J connectivity index is 2.39. The topological polar surface area (TPSA) is 41.0 Å². The maximum absolute atomic E-state index is 12.8. The summed E-state index contributed by atoms with van der Waals surface area (Å²) in [5.74, 6) is -0.536. The predicted molar refractivity (Wildman–Crippen MR) is 67.2 cm³/mol. The van der Waals surface area contributed by atoms with Crippen molar-refractivity contribution in [2.24, 2.45) is 0 Å². The fourth-order valence-corrected chi connectivity index (χ4v) is 2.40. The van der Waals surface area contributed by atoms with Crippen LogP contribution in [0, 0.1) is 0 Å². The van der Waals surface area contributed by atoms with Crippen LogP contribution in [0.15, 0.2) is 6.07 Å². The smallest absolute Gasteiger partial charge is 0.373 e. The van der Waals surface area contributed by atoms with Gasteiger partial charge in [0, 0.05) is 25.7 Å². The maximum Gasteiger partial charge on any atom is 0.451 e. The van der Waals surface area contributed by atoms with E-state index in [9.17, 15) is 13.2 Å². The number of hydrogen-bond donors (Lipinski definition) is 1. The molecule has 19 heavy (non-hydrogen) atoms. The summed E-state index contributed by atoms with van der Waals surface area (Å²) in [4.78, 5) is 9.10. The largest absolute Gasteiger partial charge is 0.451 e. The Bertz CT molecular complexity index is 447. The molecule has 1 fully saturated rings. The van der Waals surface area contributed by atoms with Crippen LogP contribution in [0.1, 0.15) is 32.0 Å². The van der Waals surface area contributed by atoms with Crippen LogP contribution in [0.5, 0.6) is 0 Å². The molecule has 106 valence electrons. The fraction of sp³-hybridized carbons (Fsp3) is 0.667. The summed E-state index contributed by atoms with van der Waals surface area (Å²) in [5, 5.41) is 2.66. The quantitative estimate of drug-likeness (QED) is 0.920. The second-order valence-electron chi connectivity index (χ2n) is 4.58. The zero-order valence-electron chi connectivity index (χ0n) is 11.0. The minimum atomic E-state index is -4.52. The Kier molecular flexibility index (Phi) is 3.82. The van der Waals surface area contributed by atoms with E-state index < -0.39 is 12.0 Å². The van der Waals surface area contributed by atoms with Gasteiger partial charge in [-0.1, -0.05) is 6.92 Å². The third-order valence-corrected chi connectivity index (χ3v) is 3.36. The van der Waals surface area contributed by atoms with Crippen molar-refractivity contribution in [1.29, 1.82) is 0 Å². The lowest BCUT2D eigenvalue weighted by molar-refractivity contribution is -0.144. The first-order valence-corrected chi connectivity index (χ1v) is 6.36. The molecular formula is C12H17F3N4. The van der Waals surface area contributed by atoms with Crippen molar-refractivity contribution in [3.63, 3.8) is 0 Å². The lowest BCUT2D eigenvalue weighted by atomic mass is 10.2. The number of aromatic nitrogens is 2. The van der Waals surface area contributed by atoms with E-state index in [1.54, 1.807) is 13.1 Å². The molecule has 1 unspecified atom stereocenters. The van der Waals surface area contributed by atoms with E-state index in [-0.39, 0.29) is 11.9 Å². The zero-order valence-corrected chi connectivity index (χ0v) is 11.0. The van der Waals surface area contributed by atoms with E-state index in [1.165, 1.54) is 0 Å². The number of rotatable bonds is 3. The number of nitrogens with zero attached hydrogens (tertiary/aromatic N) is 3. The van der Waals surface area contributed by atoms with Crippen molar-refractivity contribution in [2.45, 2.75) is 38.4 Å². The molecule has 2 rings (SSSR count). The second-order valence-corrected chi connectivity index (χ2v) is 4.58. The molecule has 4 nitrogen and oxygen atoms in total. The van der Waals surface area contributed by atoms with Gasteiger partial charge in [0.05, 0.1) is 0 Å². The molecule has 0 spiro atoms. The Labute approximate surface area is 110 Å². The van der Waals surface area contributed by atoms with Crippen molar-refractivity contribution in [1.82, 2.24) is 9.97 Å². The summed E-state index contributed by atoms with van der Waals surface area (Å²) in [5.41, 5.74) is 0. The fourth-order valence-electron chi connectivity index (χ4n) is 2.40. The molecular weight excluding hydrogens is 257 g/mol. The number of anilines is 2. The molecule has 1 atom stereocenters. The van der Waals surface area contributed by atoms with Crippen molar-refractivity contribution in [2.75, 3.05) is 23.8 Å². The molecule has 1 N–H and O–H groups in total. The normalized spacial score (nSPS) is 19.8. The number of hydrogen-bond acceptors (Lipinski definition) is 4. The highest BCUT2D eigenvalue weighted by atomic mass is 19.4. The summed E-state index contributed by atoms with van der Waals surface area (Å²) in [7, 11) is 1.55. The third-order valence-electron chi connectivity index (χ3n) is 3.36. The lowest BCUT2D eigenvalue weighted by Gasteiger charge is -2.25. The molecule has 0 bridgehead atoms. The summed E-state index contributed by atoms with van der Waals surface area (Å²) in [6.07, 6.45) is -1.64. The van der Waals surface area contributed by atoms with Crippen LogP contribution >= 0.6 is 0 Å². The molecule has 1 saturated heterocycles. The maximum atomic E-state index is 12.8. The molecule has 1 aliphatic rings. The molecule has 1 aliphatic heterocycles. The van der Waals surface area contributed by atoms with Crippen LogP contribution in [0.25, 0.3) is 0 Å². The van der Waals surface area contributed by atoms with E-state index in [4.69, 9.17) is 0 Å². The van der Waals surface area contributed by atoms with Crippen molar-refractivity contribution >= 4 is 11.6 Å². The molecule has 0 aliphatic carbocycles. The van der Waals surface area contributed by atoms with Gasteiger partial charge in [-0.2, -0.15) is 13.2 Å². The predicted octanol–water partition coefficient (Wildman–Crippen LogP) is 2.92. The average Bonchev–Trinajstić information content (AvgIpc) is 2.85. The van der Waals surface area contributed by atoms with Gasteiger partial charge >= 0.3 is 6.18 Å². The van der Waals surface area contributed by atoms with Crippen LogP contribution in [-0.4, -0.2) is 29.6 Å². The monoisotopic (exact) mass is 274 g/mol. The summed E-state index contributed by atoms with van der Waals surface area (Å²) < 4.78 is 38.3. The molecule has 2 heterocycles. The van der Waals surface area contributed by atoms with Crippen LogP contribution < -0.4 is 10.2 Å². The molecule has 1 aromatic rings. The summed E-state index contributed by atoms with van der Waals surface area (Å²) in [6.45, 7) is 2.78. The van der Waals surface area contributed by atoms with E-state index in [0.717, 1.165) is 25.8 Å². The standard InChI is InChI=1S/C12H17F3N4/c1-3-8-5-4-6-19(8)10-7-9(16-2)17-11(18-10)12(13,14)15/h7-8H,3-6H2,1-2H3,(H,16,17,18). The molecule has 7 heteroatoms. The van der Waals surface area contributed by atoms with E-state index >= 15 is 0 Å². The van der Waals surface area contributed by atoms with Gasteiger partial charge in [-0.3, -0.25) is 0 Å². The summed E-state index contributed by atoms with van der Waals surface area (Å²) in [6, 6.07) is 1.84. The highest BCUT2D eigenvalue weighted by Crippen LogP contribution is 2.32. The highest BCUT2D eigenvalue weighted by Gasteiger charge is 2.36. The molecule has 1 aromatic heterocycles. The Morgan fingerprint density at radius 2 is 2.16 bits per heavy atom. The van der Waals surface area contributed by atoms with E-state index in [1.807, 2.05) is 11.8 Å². The Morgan fingerprint density at radius 3 is 2.74 bits per heavy atom. The average molecular weight is 274 g/mol. The van der Waals surface area contributed by atoms with Gasteiger partial charge in [0.1, 0.15) is 11.6 Å². The van der Waals surface area contributed by atoms with Gasteiger partial charge in [0.2, 0.25) is 5.82 Å². The minimum Gasteiger partial charge on any atom is -0.373 e. The molecule has 0 radical (unpaired) electrons. The molecule has 0 aromatic carbocycles. The van der Waals surface area contributed by atoms with Crippen molar-refractivity contribution in [3.05, 3.63) is 11.9 Å². The Hall–Kier alpha value is -1.53. The van der Waals surface area contributed by atoms with Gasteiger partial charge in [-0.05, 0) is 19.3 Å². The first-order chi connectivity index (χ1) is 8.95. The lowest BCUT2D eigenvalue weighted by Crippen LogP contribution is -2.30. The number of nitrogens with one attached hydrogen (secondary N) is 1.